The molecule has 1 atom stereocenters. The van der Waals surface area contributed by atoms with Gasteiger partial charge in [0.05, 0.1) is 46.3 Å². The number of hydrogen-bond acceptors (Lipinski definition) is 12. The molecule has 13 nitrogen and oxygen atoms in total. The van der Waals surface area contributed by atoms with Gasteiger partial charge in [-0.15, -0.1) is 11.8 Å². The Kier molecular flexibility index (Phi) is 16.6. The Bertz CT molecular complexity index is 3210. The molecule has 5 aromatic carbocycles. The van der Waals surface area contributed by atoms with Crippen molar-refractivity contribution in [2.75, 3.05) is 78.5 Å². The summed E-state index contributed by atoms with van der Waals surface area (Å²) in [4.78, 5) is 18.0. The fourth-order valence-electron chi connectivity index (χ4n) is 9.27. The number of piperidine rings is 1. The van der Waals surface area contributed by atoms with Gasteiger partial charge in [0, 0.05) is 97.2 Å². The summed E-state index contributed by atoms with van der Waals surface area (Å²) in [6.45, 7) is 4.71. The van der Waals surface area contributed by atoms with E-state index in [9.17, 15) is 39.9 Å². The molecular weight excluding hydrogens is 1050 g/mol. The quantitative estimate of drug-likeness (QED) is 0.0453. The molecule has 0 radical (unpaired) electrons. The van der Waals surface area contributed by atoms with Crippen molar-refractivity contribution < 1.29 is 53.4 Å². The number of nitrogens with zero attached hydrogens (tertiary/aromatic N) is 4. The van der Waals surface area contributed by atoms with Crippen LogP contribution in [0.3, 0.4) is 0 Å². The number of aliphatic hydroxyl groups excluding tert-OH is 1. The number of carbonyl (C=O) groups is 1. The number of benzene rings is 5. The lowest BCUT2D eigenvalue weighted by Crippen LogP contribution is -2.46. The first-order chi connectivity index (χ1) is 35.2. The number of methoxy groups -OCH3 is 1. The summed E-state index contributed by atoms with van der Waals surface area (Å²) >= 11 is 7.59. The van der Waals surface area contributed by atoms with Crippen LogP contribution in [0.15, 0.2) is 124 Å². The number of thioether (sulfide) groups is 1. The number of ether oxygens (including phenoxy) is 1. The highest BCUT2D eigenvalue weighted by Crippen LogP contribution is 2.44. The minimum Gasteiger partial charge on any atom is -0.465 e. The Morgan fingerprint density at radius 1 is 0.851 bits per heavy atom. The number of sulfonamides is 1. The Balaban J connectivity index is 0.984. The Morgan fingerprint density at radius 2 is 1.50 bits per heavy atom. The fraction of sp³-hybridized carbons (Fsp3) is 0.327. The van der Waals surface area contributed by atoms with Crippen molar-refractivity contribution in [3.63, 3.8) is 0 Å². The van der Waals surface area contributed by atoms with Gasteiger partial charge >= 0.3 is 11.5 Å². The number of likely N-dealkylation sites (tertiary alicyclic amines) is 1. The second-order valence-corrected chi connectivity index (χ2v) is 23.2. The van der Waals surface area contributed by atoms with Crippen LogP contribution in [-0.4, -0.2) is 114 Å². The van der Waals surface area contributed by atoms with Crippen LogP contribution in [0.2, 0.25) is 5.02 Å². The molecule has 3 heterocycles. The molecule has 0 amide bonds. The van der Waals surface area contributed by atoms with E-state index in [1.54, 1.807) is 59.8 Å². The van der Waals surface area contributed by atoms with Crippen LogP contribution < -0.4 is 19.8 Å². The second kappa shape index (κ2) is 22.6. The first kappa shape index (κ1) is 54.4. The minimum absolute atomic E-state index is 0.0102. The molecule has 2 aliphatic rings. The third kappa shape index (κ3) is 11.8. The highest BCUT2D eigenvalue weighted by molar-refractivity contribution is 7.99. The van der Waals surface area contributed by atoms with E-state index in [2.05, 4.69) is 14.9 Å². The summed E-state index contributed by atoms with van der Waals surface area (Å²) < 4.78 is 139. The van der Waals surface area contributed by atoms with Crippen molar-refractivity contribution in [1.29, 1.82) is 0 Å². The lowest BCUT2D eigenvalue weighted by Gasteiger charge is -2.37. The normalized spacial score (nSPS) is 15.5. The van der Waals surface area contributed by atoms with E-state index < -0.39 is 76.2 Å². The maximum atomic E-state index is 16.9. The Labute approximate surface area is 436 Å². The van der Waals surface area contributed by atoms with Crippen molar-refractivity contribution in [3.8, 4) is 22.4 Å². The SMILES string of the molecule is COC(=O)c1c(-c2c(F)ccc(N3CCN(c4ccc(NS(=O)(=O)c5ccc(N[C@H](CCN6CCC(O)CC6)CSc6ccccc6)c(S(=O)(=O)C(F)(F)F)c5)cc4)CC3)c2F)c(-c2ccc(Cl)cc2)n(C)c1C. The molecule has 0 aliphatic carbocycles. The van der Waals surface area contributed by atoms with Crippen LogP contribution in [0.1, 0.15) is 35.3 Å². The third-order valence-electron chi connectivity index (χ3n) is 13.4. The van der Waals surface area contributed by atoms with Gasteiger partial charge < -0.3 is 34.4 Å². The zero-order valence-electron chi connectivity index (χ0n) is 40.5. The van der Waals surface area contributed by atoms with Gasteiger partial charge in [-0.25, -0.2) is 30.4 Å². The molecule has 22 heteroatoms. The first-order valence-corrected chi connectivity index (χ1v) is 27.9. The highest BCUT2D eigenvalue weighted by atomic mass is 35.5. The summed E-state index contributed by atoms with van der Waals surface area (Å²) in [5, 5.41) is 13.4. The molecule has 0 saturated carbocycles. The number of halogens is 6. The molecule has 8 rings (SSSR count). The molecule has 0 bridgehead atoms. The summed E-state index contributed by atoms with van der Waals surface area (Å²) in [6.07, 6.45) is 1.16. The number of rotatable bonds is 17. The Morgan fingerprint density at radius 3 is 2.14 bits per heavy atom. The smallest absolute Gasteiger partial charge is 0.465 e. The van der Waals surface area contributed by atoms with Gasteiger partial charge in [0.15, 0.2) is 5.82 Å². The molecule has 1 aromatic heterocycles. The number of esters is 1. The molecule has 394 valence electrons. The lowest BCUT2D eigenvalue weighted by atomic mass is 9.95. The minimum atomic E-state index is -6.06. The van der Waals surface area contributed by atoms with Gasteiger partial charge in [0.1, 0.15) is 10.7 Å². The maximum absolute atomic E-state index is 16.9. The first-order valence-electron chi connectivity index (χ1n) is 23.6. The molecular formula is C52H54ClF5N6O7S3. The van der Waals surface area contributed by atoms with Gasteiger partial charge in [-0.05, 0) is 111 Å². The number of alkyl halides is 3. The van der Waals surface area contributed by atoms with Crippen LogP contribution in [0.4, 0.5) is 44.7 Å². The molecule has 74 heavy (non-hydrogen) atoms. The third-order valence-corrected chi connectivity index (χ3v) is 17.7. The number of aliphatic hydroxyl groups is 1. The molecule has 2 saturated heterocycles. The largest absolute Gasteiger partial charge is 0.501 e. The van der Waals surface area contributed by atoms with Crippen molar-refractivity contribution in [3.05, 3.63) is 137 Å². The lowest BCUT2D eigenvalue weighted by molar-refractivity contribution is -0.0436. The number of carbonyl (C=O) groups excluding carboxylic acids is 1. The highest BCUT2D eigenvalue weighted by Gasteiger charge is 2.48. The second-order valence-electron chi connectivity index (χ2n) is 18.1. The molecule has 3 N–H and O–H groups in total. The molecule has 6 aromatic rings. The van der Waals surface area contributed by atoms with E-state index in [-0.39, 0.29) is 35.6 Å². The van der Waals surface area contributed by atoms with Crippen molar-refractivity contribution >= 4 is 71.9 Å². The van der Waals surface area contributed by atoms with E-state index in [1.165, 1.54) is 37.1 Å². The van der Waals surface area contributed by atoms with Crippen LogP contribution >= 0.6 is 23.4 Å². The van der Waals surface area contributed by atoms with E-state index in [0.717, 1.165) is 23.1 Å². The monoisotopic (exact) mass is 1100 g/mol. The van der Waals surface area contributed by atoms with Gasteiger partial charge in [0.25, 0.3) is 19.9 Å². The van der Waals surface area contributed by atoms with Gasteiger partial charge in [-0.1, -0.05) is 41.9 Å². The maximum Gasteiger partial charge on any atom is 0.501 e. The average molecular weight is 1100 g/mol. The van der Waals surface area contributed by atoms with Gasteiger partial charge in [0.2, 0.25) is 0 Å². The van der Waals surface area contributed by atoms with Crippen molar-refractivity contribution in [2.45, 2.75) is 58.5 Å². The Hall–Kier alpha value is -5.84. The number of sulfone groups is 1. The van der Waals surface area contributed by atoms with Crippen LogP contribution in [-0.2, 0) is 31.6 Å². The number of nitrogens with one attached hydrogen (secondary N) is 2. The van der Waals surface area contributed by atoms with Crippen LogP contribution in [0, 0.1) is 18.6 Å². The predicted octanol–water partition coefficient (Wildman–Crippen LogP) is 10.2. The standard InChI is InChI=1S/C52H54ClF5N6O7S3/c1-33-46(51(66)71-3)48(50(61(33)2)34-9-11-35(53)12-10-34)47-42(54)18-20-44(49(47)55)64-29-27-63(28-30-64)38-15-13-36(14-16-38)60-74(69,70)41-17-19-43(45(31-41)73(67,68)52(56,57)58)59-37(32-72-40-7-5-4-6-8-40)21-24-62-25-22-39(65)23-26-62/h4-20,31,37,39,59-60,65H,21-30,32H2,1-3H3/t37-/m1/s1. The average Bonchev–Trinajstić information content (AvgIpc) is 3.63. The summed E-state index contributed by atoms with van der Waals surface area (Å²) in [5.41, 5.74) is -4.31. The molecule has 0 spiro atoms. The number of piperazine rings is 1. The van der Waals surface area contributed by atoms with Crippen molar-refractivity contribution in [2.24, 2.45) is 7.05 Å². The molecule has 2 fully saturated rings. The number of anilines is 4. The van der Waals surface area contributed by atoms with Gasteiger partial charge in [-0.2, -0.15) is 13.2 Å². The number of aromatic nitrogens is 1. The topological polar surface area (TPSA) is 154 Å². The van der Waals surface area contributed by atoms with E-state index in [0.29, 0.717) is 91.5 Å². The van der Waals surface area contributed by atoms with Crippen LogP contribution in [0.5, 0.6) is 0 Å². The van der Waals surface area contributed by atoms with E-state index in [4.69, 9.17) is 16.3 Å². The molecule has 0 unspecified atom stereocenters. The molecule has 2 aliphatic heterocycles. The summed E-state index contributed by atoms with van der Waals surface area (Å²) in [6, 6.07) is 26.7. The van der Waals surface area contributed by atoms with E-state index in [1.807, 2.05) is 35.2 Å². The summed E-state index contributed by atoms with van der Waals surface area (Å²) in [5.74, 6) is -2.18. The van der Waals surface area contributed by atoms with Crippen LogP contribution in [0.25, 0.3) is 22.4 Å². The fourth-order valence-corrected chi connectivity index (χ4v) is 12.5. The zero-order valence-corrected chi connectivity index (χ0v) is 43.7. The summed E-state index contributed by atoms with van der Waals surface area (Å²) in [7, 11) is -7.84. The number of hydrogen-bond donors (Lipinski definition) is 3. The zero-order chi connectivity index (χ0) is 53.1. The van der Waals surface area contributed by atoms with E-state index >= 15 is 8.78 Å². The van der Waals surface area contributed by atoms with Gasteiger partial charge in [-0.3, -0.25) is 4.72 Å². The predicted molar refractivity (Wildman–Crippen MR) is 280 cm³/mol. The van der Waals surface area contributed by atoms with Crippen molar-refractivity contribution in [1.82, 2.24) is 9.47 Å².